The standard InChI is InChI=1S/C12H16NOPS3/c1-8(2)11-12(16)13-15(17,18-11)10-6-4-9(14-3)5-7-10/h4-8,11H,1-3H3,(H,13,16,17). The summed E-state index contributed by atoms with van der Waals surface area (Å²) in [4.78, 5) is 0.911. The fourth-order valence-corrected chi connectivity index (χ4v) is 9.92. The van der Waals surface area contributed by atoms with Crippen LogP contribution in [0.3, 0.4) is 0 Å². The Kier molecular flexibility index (Phi) is 4.37. The smallest absolute Gasteiger partial charge is 0.118 e. The van der Waals surface area contributed by atoms with Crippen molar-refractivity contribution in [2.75, 3.05) is 7.11 Å². The highest BCUT2D eigenvalue weighted by atomic mass is 32.9. The Balaban J connectivity index is 2.27. The average molecular weight is 317 g/mol. The Morgan fingerprint density at radius 3 is 2.39 bits per heavy atom. The first-order valence-corrected chi connectivity index (χ1v) is 10.4. The van der Waals surface area contributed by atoms with Gasteiger partial charge in [-0.2, -0.15) is 0 Å². The molecule has 1 saturated heterocycles. The molecule has 0 radical (unpaired) electrons. The first-order valence-electron chi connectivity index (χ1n) is 5.71. The highest BCUT2D eigenvalue weighted by Crippen LogP contribution is 2.62. The summed E-state index contributed by atoms with van der Waals surface area (Å²) in [5.74, 6) is 1.37. The molecular weight excluding hydrogens is 301 g/mol. The molecule has 1 aromatic rings. The first kappa shape index (κ1) is 14.3. The number of thiocarbonyl (C=S) groups is 1. The number of benzene rings is 1. The van der Waals surface area contributed by atoms with Crippen molar-refractivity contribution in [3.8, 4) is 5.75 Å². The van der Waals surface area contributed by atoms with E-state index in [-0.39, 0.29) is 0 Å². The van der Waals surface area contributed by atoms with Crippen LogP contribution in [0, 0.1) is 5.92 Å². The van der Waals surface area contributed by atoms with Gasteiger partial charge in [-0.05, 0) is 30.2 Å². The molecule has 0 spiro atoms. The van der Waals surface area contributed by atoms with E-state index >= 15 is 0 Å². The fraction of sp³-hybridized carbons (Fsp3) is 0.417. The van der Waals surface area contributed by atoms with Crippen LogP contribution in [0.4, 0.5) is 0 Å². The largest absolute Gasteiger partial charge is 0.497 e. The van der Waals surface area contributed by atoms with Crippen molar-refractivity contribution >= 4 is 51.1 Å². The van der Waals surface area contributed by atoms with Gasteiger partial charge in [0.1, 0.15) is 11.1 Å². The second-order valence-corrected chi connectivity index (χ2v) is 12.1. The van der Waals surface area contributed by atoms with Crippen molar-refractivity contribution in [3.63, 3.8) is 0 Å². The monoisotopic (exact) mass is 317 g/mol. The lowest BCUT2D eigenvalue weighted by molar-refractivity contribution is 0.415. The summed E-state index contributed by atoms with van der Waals surface area (Å²) < 4.78 is 5.17. The van der Waals surface area contributed by atoms with Gasteiger partial charge in [0.15, 0.2) is 0 Å². The number of hydrogen-bond acceptors (Lipinski definition) is 4. The quantitative estimate of drug-likeness (QED) is 0.680. The van der Waals surface area contributed by atoms with Gasteiger partial charge in [0, 0.05) is 5.30 Å². The predicted octanol–water partition coefficient (Wildman–Crippen LogP) is 3.32. The molecule has 1 N–H and O–H groups in total. The third-order valence-electron chi connectivity index (χ3n) is 2.80. The molecule has 1 aliphatic rings. The maximum atomic E-state index is 5.82. The fourth-order valence-electron chi connectivity index (χ4n) is 1.77. The van der Waals surface area contributed by atoms with E-state index in [0.29, 0.717) is 11.2 Å². The molecular formula is C12H16NOPS3. The van der Waals surface area contributed by atoms with Gasteiger partial charge in [-0.3, -0.25) is 0 Å². The SMILES string of the molecule is COc1ccc(P2(=S)NC(=S)C(C(C)C)S2)cc1. The van der Waals surface area contributed by atoms with Crippen molar-refractivity contribution in [1.29, 1.82) is 0 Å². The third-order valence-corrected chi connectivity index (χ3v) is 10.4. The summed E-state index contributed by atoms with van der Waals surface area (Å²) >= 11 is 13.1. The summed E-state index contributed by atoms with van der Waals surface area (Å²) in [7, 11) is 1.67. The molecule has 0 aromatic heterocycles. The van der Waals surface area contributed by atoms with Crippen molar-refractivity contribution in [1.82, 2.24) is 5.09 Å². The highest BCUT2D eigenvalue weighted by molar-refractivity contribution is 8.73. The summed E-state index contributed by atoms with van der Waals surface area (Å²) in [6.45, 7) is 4.37. The molecule has 2 atom stereocenters. The molecule has 6 heteroatoms. The van der Waals surface area contributed by atoms with Crippen LogP contribution >= 0.6 is 29.0 Å². The molecule has 1 fully saturated rings. The maximum absolute atomic E-state index is 5.82. The van der Waals surface area contributed by atoms with Gasteiger partial charge in [0.2, 0.25) is 0 Å². The Morgan fingerprint density at radius 1 is 1.33 bits per heavy atom. The molecule has 0 saturated carbocycles. The van der Waals surface area contributed by atoms with E-state index in [1.165, 1.54) is 0 Å². The summed E-state index contributed by atoms with van der Waals surface area (Å²) in [6, 6.07) is 8.00. The van der Waals surface area contributed by atoms with Crippen molar-refractivity contribution in [2.45, 2.75) is 19.1 Å². The summed E-state index contributed by atoms with van der Waals surface area (Å²) in [6.07, 6.45) is 0. The van der Waals surface area contributed by atoms with Gasteiger partial charge in [0.05, 0.1) is 17.3 Å². The van der Waals surface area contributed by atoms with E-state index in [9.17, 15) is 0 Å². The van der Waals surface area contributed by atoms with Crippen molar-refractivity contribution < 1.29 is 4.74 Å². The highest BCUT2D eigenvalue weighted by Gasteiger charge is 2.37. The van der Waals surface area contributed by atoms with E-state index in [0.717, 1.165) is 16.0 Å². The Hall–Kier alpha value is -0.0900. The molecule has 98 valence electrons. The van der Waals surface area contributed by atoms with Crippen LogP contribution in [-0.4, -0.2) is 17.3 Å². The van der Waals surface area contributed by atoms with E-state index in [2.05, 4.69) is 18.9 Å². The lowest BCUT2D eigenvalue weighted by atomic mass is 10.1. The van der Waals surface area contributed by atoms with E-state index in [1.807, 2.05) is 35.6 Å². The van der Waals surface area contributed by atoms with Gasteiger partial charge in [-0.1, -0.05) is 49.3 Å². The summed E-state index contributed by atoms with van der Waals surface area (Å²) in [5, 5.41) is 3.08. The van der Waals surface area contributed by atoms with Gasteiger partial charge >= 0.3 is 0 Å². The molecule has 1 heterocycles. The molecule has 2 unspecified atom stereocenters. The molecule has 1 aliphatic heterocycles. The van der Waals surface area contributed by atoms with Crippen LogP contribution in [0.5, 0.6) is 5.75 Å². The number of rotatable bonds is 3. The number of methoxy groups -OCH3 is 1. The molecule has 0 aliphatic carbocycles. The average Bonchev–Trinajstić information content (AvgIpc) is 2.66. The number of ether oxygens (including phenoxy) is 1. The van der Waals surface area contributed by atoms with E-state index in [1.54, 1.807) is 7.11 Å². The molecule has 1 aromatic carbocycles. The molecule has 0 amide bonds. The number of hydrogen-bond donors (Lipinski definition) is 1. The second-order valence-electron chi connectivity index (χ2n) is 4.50. The van der Waals surface area contributed by atoms with E-state index in [4.69, 9.17) is 28.8 Å². The van der Waals surface area contributed by atoms with Crippen LogP contribution in [0.25, 0.3) is 0 Å². The van der Waals surface area contributed by atoms with Gasteiger partial charge in [0.25, 0.3) is 0 Å². The Bertz CT molecular complexity index is 501. The Morgan fingerprint density at radius 2 is 1.94 bits per heavy atom. The lowest BCUT2D eigenvalue weighted by Crippen LogP contribution is -2.24. The molecule has 2 nitrogen and oxygen atoms in total. The van der Waals surface area contributed by atoms with Gasteiger partial charge < -0.3 is 9.82 Å². The number of nitrogens with one attached hydrogen (secondary N) is 1. The second kappa shape index (κ2) is 5.49. The minimum absolute atomic E-state index is 0.341. The molecule has 18 heavy (non-hydrogen) atoms. The Labute approximate surface area is 123 Å². The minimum Gasteiger partial charge on any atom is -0.497 e. The minimum atomic E-state index is -1.82. The van der Waals surface area contributed by atoms with Crippen LogP contribution in [0.15, 0.2) is 24.3 Å². The van der Waals surface area contributed by atoms with Gasteiger partial charge in [-0.25, -0.2) is 0 Å². The zero-order valence-electron chi connectivity index (χ0n) is 10.5. The zero-order chi connectivity index (χ0) is 13.3. The first-order chi connectivity index (χ1) is 8.46. The van der Waals surface area contributed by atoms with Gasteiger partial charge in [-0.15, -0.1) is 0 Å². The molecule has 2 rings (SSSR count). The maximum Gasteiger partial charge on any atom is 0.118 e. The zero-order valence-corrected chi connectivity index (χ0v) is 13.9. The summed E-state index contributed by atoms with van der Waals surface area (Å²) in [5.41, 5.74) is 0. The van der Waals surface area contributed by atoms with Crippen LogP contribution in [0.1, 0.15) is 13.8 Å². The van der Waals surface area contributed by atoms with Crippen molar-refractivity contribution in [2.24, 2.45) is 5.92 Å². The van der Waals surface area contributed by atoms with Crippen LogP contribution in [-0.2, 0) is 11.8 Å². The van der Waals surface area contributed by atoms with Crippen molar-refractivity contribution in [3.05, 3.63) is 24.3 Å². The van der Waals surface area contributed by atoms with E-state index < -0.39 is 5.39 Å². The molecule has 0 bridgehead atoms. The lowest BCUT2D eigenvalue weighted by Gasteiger charge is -2.16. The topological polar surface area (TPSA) is 21.3 Å². The van der Waals surface area contributed by atoms with Crippen LogP contribution < -0.4 is 15.1 Å². The van der Waals surface area contributed by atoms with Crippen LogP contribution in [0.2, 0.25) is 0 Å². The normalized spacial score (nSPS) is 27.3. The third kappa shape index (κ3) is 2.74. The predicted molar refractivity (Wildman–Crippen MR) is 88.9 cm³/mol.